The van der Waals surface area contributed by atoms with Gasteiger partial charge in [-0.3, -0.25) is 9.59 Å². The van der Waals surface area contributed by atoms with Crippen molar-refractivity contribution in [1.29, 1.82) is 0 Å². The number of hydrogen-bond donors (Lipinski definition) is 0. The number of ketones is 1. The normalized spacial score (nSPS) is 18.7. The second-order valence-electron chi connectivity index (χ2n) is 6.40. The first-order valence-corrected chi connectivity index (χ1v) is 9.19. The maximum absolute atomic E-state index is 11.7. The zero-order chi connectivity index (χ0) is 18.5. The molecule has 1 saturated carbocycles. The molecule has 1 aliphatic carbocycles. The minimum Gasteiger partial charge on any atom is -0.463 e. The average Bonchev–Trinajstić information content (AvgIpc) is 2.96. The van der Waals surface area contributed by atoms with E-state index in [2.05, 4.69) is 22.0 Å². The van der Waals surface area contributed by atoms with Crippen molar-refractivity contribution in [2.24, 2.45) is 5.92 Å². The van der Waals surface area contributed by atoms with Gasteiger partial charge in [-0.05, 0) is 37.0 Å². The second kappa shape index (κ2) is 11.9. The van der Waals surface area contributed by atoms with Crippen LogP contribution >= 0.6 is 0 Å². The first kappa shape index (κ1) is 19.7. The molecule has 1 aromatic carbocycles. The van der Waals surface area contributed by atoms with Gasteiger partial charge in [0, 0.05) is 31.3 Å². The highest BCUT2D eigenvalue weighted by Crippen LogP contribution is 2.23. The Labute approximate surface area is 155 Å². The fourth-order valence-corrected chi connectivity index (χ4v) is 3.02. The van der Waals surface area contributed by atoms with Gasteiger partial charge in [-0.25, -0.2) is 0 Å². The third-order valence-corrected chi connectivity index (χ3v) is 4.47. The quantitative estimate of drug-likeness (QED) is 0.712. The SMILES string of the molecule is O=C1CCCCC1CCN1C=CC=CC=C1.O=COCc1ccccc1. The highest BCUT2D eigenvalue weighted by Gasteiger charge is 2.21. The van der Waals surface area contributed by atoms with E-state index in [1.54, 1.807) is 0 Å². The minimum atomic E-state index is 0.312. The molecular formula is C22H27NO3. The van der Waals surface area contributed by atoms with Gasteiger partial charge in [-0.1, -0.05) is 48.9 Å². The smallest absolute Gasteiger partial charge is 0.293 e. The Bertz CT molecular complexity index is 618. The van der Waals surface area contributed by atoms with Gasteiger partial charge in [0.1, 0.15) is 12.4 Å². The number of carbonyl (C=O) groups is 2. The van der Waals surface area contributed by atoms with E-state index in [0.29, 0.717) is 24.8 Å². The van der Waals surface area contributed by atoms with Crippen LogP contribution in [-0.2, 0) is 20.9 Å². The van der Waals surface area contributed by atoms with Crippen LogP contribution in [-0.4, -0.2) is 23.7 Å². The summed E-state index contributed by atoms with van der Waals surface area (Å²) in [6, 6.07) is 9.55. The molecule has 4 nitrogen and oxygen atoms in total. The number of allylic oxidation sites excluding steroid dienone is 4. The number of Topliss-reactive ketones (excluding diaryl/α,β-unsaturated/α-hetero) is 1. The van der Waals surface area contributed by atoms with Crippen LogP contribution in [0.4, 0.5) is 0 Å². The van der Waals surface area contributed by atoms with Gasteiger partial charge in [0.15, 0.2) is 0 Å². The fourth-order valence-electron chi connectivity index (χ4n) is 3.02. The summed E-state index contributed by atoms with van der Waals surface area (Å²) < 4.78 is 4.54. The van der Waals surface area contributed by atoms with Crippen LogP contribution in [0.2, 0.25) is 0 Å². The highest BCUT2D eigenvalue weighted by atomic mass is 16.5. The van der Waals surface area contributed by atoms with Crippen LogP contribution in [0.25, 0.3) is 0 Å². The Morgan fingerprint density at radius 2 is 1.77 bits per heavy atom. The number of hydrogen-bond acceptors (Lipinski definition) is 4. The van der Waals surface area contributed by atoms with Crippen molar-refractivity contribution < 1.29 is 14.3 Å². The van der Waals surface area contributed by atoms with Crippen LogP contribution in [0, 0.1) is 5.92 Å². The predicted octanol–water partition coefficient (Wildman–Crippen LogP) is 4.39. The van der Waals surface area contributed by atoms with Crippen LogP contribution in [0.1, 0.15) is 37.7 Å². The molecule has 0 aromatic heterocycles. The molecule has 26 heavy (non-hydrogen) atoms. The first-order valence-electron chi connectivity index (χ1n) is 9.19. The second-order valence-corrected chi connectivity index (χ2v) is 6.40. The van der Waals surface area contributed by atoms with E-state index in [1.807, 2.05) is 54.6 Å². The molecule has 0 radical (unpaired) electrons. The lowest BCUT2D eigenvalue weighted by Crippen LogP contribution is -2.23. The predicted molar refractivity (Wildman–Crippen MR) is 103 cm³/mol. The standard InChI is InChI=1S/C14H19NO.C8H8O2/c16-14-8-4-3-7-13(14)9-12-15-10-5-1-2-6-11-15;9-7-10-6-8-4-2-1-3-5-8/h1-2,5-6,10-11,13H,3-4,7-9,12H2;1-5,7H,6H2. The molecule has 3 rings (SSSR count). The first-order chi connectivity index (χ1) is 12.8. The lowest BCUT2D eigenvalue weighted by Gasteiger charge is -2.23. The Hall–Kier alpha value is -2.62. The molecule has 1 aliphatic heterocycles. The molecule has 4 heteroatoms. The highest BCUT2D eigenvalue weighted by molar-refractivity contribution is 5.81. The molecule has 0 spiro atoms. The van der Waals surface area contributed by atoms with Gasteiger partial charge < -0.3 is 9.64 Å². The number of nitrogens with zero attached hydrogens (tertiary/aromatic N) is 1. The van der Waals surface area contributed by atoms with E-state index in [1.165, 1.54) is 6.42 Å². The zero-order valence-corrected chi connectivity index (χ0v) is 15.1. The van der Waals surface area contributed by atoms with Gasteiger partial charge in [0.2, 0.25) is 0 Å². The van der Waals surface area contributed by atoms with Crippen molar-refractivity contribution in [2.75, 3.05) is 6.54 Å². The monoisotopic (exact) mass is 353 g/mol. The maximum atomic E-state index is 11.7. The van der Waals surface area contributed by atoms with Gasteiger partial charge in [0.25, 0.3) is 6.47 Å². The maximum Gasteiger partial charge on any atom is 0.293 e. The number of carbonyl (C=O) groups excluding carboxylic acids is 2. The minimum absolute atomic E-state index is 0.312. The molecular weight excluding hydrogens is 326 g/mol. The van der Waals surface area contributed by atoms with E-state index >= 15 is 0 Å². The third-order valence-electron chi connectivity index (χ3n) is 4.47. The van der Waals surface area contributed by atoms with Crippen molar-refractivity contribution in [3.8, 4) is 0 Å². The fraction of sp³-hybridized carbons (Fsp3) is 0.364. The van der Waals surface area contributed by atoms with Crippen molar-refractivity contribution in [2.45, 2.75) is 38.7 Å². The summed E-state index contributed by atoms with van der Waals surface area (Å²) in [6.07, 6.45) is 17.4. The summed E-state index contributed by atoms with van der Waals surface area (Å²) in [7, 11) is 0. The van der Waals surface area contributed by atoms with E-state index < -0.39 is 0 Å². The molecule has 1 heterocycles. The summed E-state index contributed by atoms with van der Waals surface area (Å²) in [5, 5.41) is 0. The van der Waals surface area contributed by atoms with Crippen molar-refractivity contribution in [1.82, 2.24) is 4.90 Å². The van der Waals surface area contributed by atoms with Gasteiger partial charge in [-0.15, -0.1) is 0 Å². The van der Waals surface area contributed by atoms with Crippen molar-refractivity contribution >= 4 is 12.3 Å². The lowest BCUT2D eigenvalue weighted by atomic mass is 9.86. The molecule has 0 N–H and O–H groups in total. The topological polar surface area (TPSA) is 46.6 Å². The summed E-state index contributed by atoms with van der Waals surface area (Å²) in [5.74, 6) is 0.791. The van der Waals surface area contributed by atoms with Crippen LogP contribution in [0.15, 0.2) is 67.0 Å². The van der Waals surface area contributed by atoms with Crippen LogP contribution in [0.5, 0.6) is 0 Å². The van der Waals surface area contributed by atoms with Crippen LogP contribution < -0.4 is 0 Å². The molecule has 0 saturated heterocycles. The van der Waals surface area contributed by atoms with E-state index in [4.69, 9.17) is 0 Å². The Morgan fingerprint density at radius 1 is 1.04 bits per heavy atom. The van der Waals surface area contributed by atoms with E-state index in [0.717, 1.165) is 37.8 Å². The summed E-state index contributed by atoms with van der Waals surface area (Å²) in [6.45, 7) is 1.77. The number of benzene rings is 1. The molecule has 1 atom stereocenters. The van der Waals surface area contributed by atoms with Gasteiger partial charge in [-0.2, -0.15) is 0 Å². The van der Waals surface area contributed by atoms with E-state index in [9.17, 15) is 9.59 Å². The lowest BCUT2D eigenvalue weighted by molar-refractivity contribution is -0.129. The van der Waals surface area contributed by atoms with Gasteiger partial charge >= 0.3 is 0 Å². The van der Waals surface area contributed by atoms with Gasteiger partial charge in [0.05, 0.1) is 0 Å². The summed E-state index contributed by atoms with van der Waals surface area (Å²) in [4.78, 5) is 23.6. The summed E-state index contributed by atoms with van der Waals surface area (Å²) >= 11 is 0. The van der Waals surface area contributed by atoms with Crippen LogP contribution in [0.3, 0.4) is 0 Å². The molecule has 2 aliphatic rings. The van der Waals surface area contributed by atoms with Crippen molar-refractivity contribution in [3.63, 3.8) is 0 Å². The number of ether oxygens (including phenoxy) is 1. The van der Waals surface area contributed by atoms with E-state index in [-0.39, 0.29) is 0 Å². The average molecular weight is 353 g/mol. The molecule has 1 fully saturated rings. The molecule has 138 valence electrons. The molecule has 0 bridgehead atoms. The third kappa shape index (κ3) is 7.51. The zero-order valence-electron chi connectivity index (χ0n) is 15.1. The Morgan fingerprint density at radius 3 is 2.42 bits per heavy atom. The summed E-state index contributed by atoms with van der Waals surface area (Å²) in [5.41, 5.74) is 1.01. The molecule has 0 amide bonds. The Kier molecular flexibility index (Phi) is 8.98. The number of rotatable bonds is 6. The molecule has 1 unspecified atom stereocenters. The van der Waals surface area contributed by atoms with Crippen molar-refractivity contribution in [3.05, 3.63) is 72.6 Å². The largest absolute Gasteiger partial charge is 0.463 e. The Balaban J connectivity index is 0.000000209. The molecule has 1 aromatic rings.